The average molecular weight is 488 g/mol. The molecule has 0 saturated carbocycles. The van der Waals surface area contributed by atoms with E-state index in [1.54, 1.807) is 12.1 Å². The number of imidazole rings is 1. The third-order valence-electron chi connectivity index (χ3n) is 5.69. The second-order valence-electron chi connectivity index (χ2n) is 8.36. The Balaban J connectivity index is 1.41. The summed E-state index contributed by atoms with van der Waals surface area (Å²) < 4.78 is 5.79. The number of hydrogen-bond donors (Lipinski definition) is 3. The Morgan fingerprint density at radius 2 is 1.89 bits per heavy atom. The number of aromatic amines is 1. The molecule has 0 atom stereocenters. The molecule has 0 spiro atoms. The lowest BCUT2D eigenvalue weighted by Crippen LogP contribution is -1.99. The molecular formula is C26H22ClN5O3. The van der Waals surface area contributed by atoms with Gasteiger partial charge in [-0.15, -0.1) is 5.10 Å². The second-order valence-corrected chi connectivity index (χ2v) is 8.80. The molecule has 2 aromatic heterocycles. The predicted octanol–water partition coefficient (Wildman–Crippen LogP) is 6.31. The van der Waals surface area contributed by atoms with E-state index in [0.29, 0.717) is 17.3 Å². The highest BCUT2D eigenvalue weighted by molar-refractivity contribution is 6.30. The monoisotopic (exact) mass is 487 g/mol. The highest BCUT2D eigenvalue weighted by Gasteiger charge is 2.15. The Morgan fingerprint density at radius 3 is 2.63 bits per heavy atom. The van der Waals surface area contributed by atoms with E-state index in [1.807, 2.05) is 56.3 Å². The lowest BCUT2D eigenvalue weighted by atomic mass is 9.97. The molecule has 2 heterocycles. The zero-order valence-electron chi connectivity index (χ0n) is 19.1. The number of benzene rings is 3. The number of carboxylic acids is 1. The summed E-state index contributed by atoms with van der Waals surface area (Å²) in [6.45, 7) is 4.02. The maximum absolute atomic E-state index is 10.9. The number of aromatic nitrogens is 4. The van der Waals surface area contributed by atoms with Gasteiger partial charge in [0.25, 0.3) is 0 Å². The lowest BCUT2D eigenvalue weighted by molar-refractivity contribution is -0.136. The minimum absolute atomic E-state index is 0.109. The van der Waals surface area contributed by atoms with Crippen LogP contribution in [0.1, 0.15) is 23.1 Å². The van der Waals surface area contributed by atoms with Gasteiger partial charge in [-0.2, -0.15) is 0 Å². The van der Waals surface area contributed by atoms with Crippen LogP contribution >= 0.6 is 11.6 Å². The number of fused-ring (bicyclic) bond motifs is 1. The van der Waals surface area contributed by atoms with Crippen molar-refractivity contribution in [1.82, 2.24) is 20.2 Å². The molecule has 0 unspecified atom stereocenters. The van der Waals surface area contributed by atoms with E-state index < -0.39 is 5.97 Å². The molecule has 0 bridgehead atoms. The molecule has 3 aromatic carbocycles. The number of hydrogen-bond acceptors (Lipinski definition) is 6. The van der Waals surface area contributed by atoms with Crippen molar-refractivity contribution in [2.45, 2.75) is 26.7 Å². The molecule has 0 saturated heterocycles. The first kappa shape index (κ1) is 22.6. The van der Waals surface area contributed by atoms with E-state index in [-0.39, 0.29) is 12.4 Å². The quantitative estimate of drug-likeness (QED) is 0.246. The number of carbonyl (C=O) groups is 1. The summed E-state index contributed by atoms with van der Waals surface area (Å²) in [6, 6.07) is 17.3. The van der Waals surface area contributed by atoms with Gasteiger partial charge in [-0.05, 0) is 73.4 Å². The third kappa shape index (κ3) is 4.88. The Bertz CT molecular complexity index is 1530. The van der Waals surface area contributed by atoms with Crippen molar-refractivity contribution in [2.24, 2.45) is 0 Å². The van der Waals surface area contributed by atoms with Gasteiger partial charge in [0, 0.05) is 28.3 Å². The summed E-state index contributed by atoms with van der Waals surface area (Å²) in [5.41, 5.74) is 7.26. The van der Waals surface area contributed by atoms with E-state index in [2.05, 4.69) is 20.5 Å². The maximum Gasteiger partial charge on any atom is 0.320 e. The lowest BCUT2D eigenvalue weighted by Gasteiger charge is -2.10. The number of carboxylic acid groups (broad SMARTS) is 1. The first-order valence-corrected chi connectivity index (χ1v) is 11.4. The third-order valence-corrected chi connectivity index (χ3v) is 5.92. The first-order valence-electron chi connectivity index (χ1n) is 11.0. The van der Waals surface area contributed by atoms with Crippen LogP contribution in [-0.2, 0) is 11.2 Å². The fourth-order valence-electron chi connectivity index (χ4n) is 4.16. The van der Waals surface area contributed by atoms with Crippen LogP contribution < -0.4 is 5.32 Å². The average Bonchev–Trinajstić information content (AvgIpc) is 3.43. The zero-order valence-corrected chi connectivity index (χ0v) is 19.8. The molecule has 9 heteroatoms. The second kappa shape index (κ2) is 9.23. The van der Waals surface area contributed by atoms with Crippen molar-refractivity contribution >= 4 is 40.3 Å². The molecule has 3 N–H and O–H groups in total. The van der Waals surface area contributed by atoms with Crippen molar-refractivity contribution in [3.8, 4) is 22.8 Å². The fourth-order valence-corrected chi connectivity index (χ4v) is 4.35. The highest BCUT2D eigenvalue weighted by Crippen LogP contribution is 2.31. The molecule has 8 nitrogen and oxygen atoms in total. The summed E-state index contributed by atoms with van der Waals surface area (Å²) in [6.07, 6.45) is 0.608. The Labute approximate surface area is 206 Å². The Kier molecular flexibility index (Phi) is 5.96. The Hall–Kier alpha value is -4.17. The SMILES string of the molecule is Cc1cc(CCC(=O)O)cc(C)c1-c1nc2ccc(-c3nnc(Nc4cccc(Cl)c4)o3)cc2[nH]1. The topological polar surface area (TPSA) is 117 Å². The van der Waals surface area contributed by atoms with Gasteiger partial charge in [0.15, 0.2) is 0 Å². The van der Waals surface area contributed by atoms with Crippen LogP contribution in [0.4, 0.5) is 11.7 Å². The van der Waals surface area contributed by atoms with Crippen LogP contribution in [-0.4, -0.2) is 31.2 Å². The molecule has 176 valence electrons. The van der Waals surface area contributed by atoms with E-state index in [9.17, 15) is 4.79 Å². The van der Waals surface area contributed by atoms with E-state index in [4.69, 9.17) is 26.1 Å². The van der Waals surface area contributed by atoms with Crippen molar-refractivity contribution < 1.29 is 14.3 Å². The molecule has 0 aliphatic rings. The number of rotatable bonds is 7. The number of H-pyrrole nitrogens is 1. The molecule has 5 aromatic rings. The van der Waals surface area contributed by atoms with Gasteiger partial charge in [-0.25, -0.2) is 4.98 Å². The molecule has 5 rings (SSSR count). The van der Waals surface area contributed by atoms with E-state index >= 15 is 0 Å². The summed E-state index contributed by atoms with van der Waals surface area (Å²) in [7, 11) is 0. The van der Waals surface area contributed by atoms with Gasteiger partial charge in [-0.3, -0.25) is 4.79 Å². The highest BCUT2D eigenvalue weighted by atomic mass is 35.5. The van der Waals surface area contributed by atoms with Gasteiger partial charge in [0.05, 0.1) is 11.0 Å². The van der Waals surface area contributed by atoms with Gasteiger partial charge in [0.1, 0.15) is 5.82 Å². The molecular weight excluding hydrogens is 466 g/mol. The van der Waals surface area contributed by atoms with Crippen LogP contribution in [0.2, 0.25) is 5.02 Å². The van der Waals surface area contributed by atoms with Gasteiger partial charge in [-0.1, -0.05) is 34.9 Å². The largest absolute Gasteiger partial charge is 0.481 e. The maximum atomic E-state index is 10.9. The number of aryl methyl sites for hydroxylation is 3. The molecule has 35 heavy (non-hydrogen) atoms. The van der Waals surface area contributed by atoms with Crippen LogP contribution in [0, 0.1) is 13.8 Å². The summed E-state index contributed by atoms with van der Waals surface area (Å²) in [5, 5.41) is 20.9. The summed E-state index contributed by atoms with van der Waals surface area (Å²) >= 11 is 6.03. The number of halogens is 1. The zero-order chi connectivity index (χ0) is 24.5. The first-order chi connectivity index (χ1) is 16.9. The Morgan fingerprint density at radius 1 is 1.09 bits per heavy atom. The van der Waals surface area contributed by atoms with Crippen molar-refractivity contribution in [1.29, 1.82) is 0 Å². The molecule has 0 radical (unpaired) electrons. The molecule has 0 aliphatic carbocycles. The standard InChI is InChI=1S/C26H22ClN5O3/c1-14-10-16(6-9-22(33)34)11-15(2)23(14)24-29-20-8-7-17(12-21(20)30-24)25-31-32-26(35-25)28-19-5-3-4-18(27)13-19/h3-5,7-8,10-13H,6,9H2,1-2H3,(H,28,32)(H,29,30)(H,33,34). The minimum atomic E-state index is -0.800. The summed E-state index contributed by atoms with van der Waals surface area (Å²) in [5.74, 6) is 0.333. The molecule has 0 aliphatic heterocycles. The summed E-state index contributed by atoms with van der Waals surface area (Å²) in [4.78, 5) is 19.1. The van der Waals surface area contributed by atoms with Gasteiger partial charge >= 0.3 is 12.0 Å². The molecule has 0 fully saturated rings. The van der Waals surface area contributed by atoms with Crippen LogP contribution in [0.25, 0.3) is 33.9 Å². The number of anilines is 2. The number of nitrogens with one attached hydrogen (secondary N) is 2. The molecule has 0 amide bonds. The van der Waals surface area contributed by atoms with Crippen molar-refractivity contribution in [2.75, 3.05) is 5.32 Å². The van der Waals surface area contributed by atoms with Gasteiger partial charge in [0.2, 0.25) is 5.89 Å². The number of aliphatic carboxylic acids is 1. The fraction of sp³-hybridized carbons (Fsp3) is 0.154. The van der Waals surface area contributed by atoms with Gasteiger partial charge < -0.3 is 19.8 Å². The smallest absolute Gasteiger partial charge is 0.320 e. The normalized spacial score (nSPS) is 11.2. The van der Waals surface area contributed by atoms with Crippen LogP contribution in [0.3, 0.4) is 0 Å². The van der Waals surface area contributed by atoms with Crippen molar-refractivity contribution in [3.05, 3.63) is 76.3 Å². The van der Waals surface area contributed by atoms with E-state index in [0.717, 1.165) is 50.4 Å². The number of nitrogens with zero attached hydrogens (tertiary/aromatic N) is 3. The predicted molar refractivity (Wildman–Crippen MR) is 135 cm³/mol. The van der Waals surface area contributed by atoms with Crippen LogP contribution in [0.15, 0.2) is 59.0 Å². The van der Waals surface area contributed by atoms with Crippen LogP contribution in [0.5, 0.6) is 0 Å². The van der Waals surface area contributed by atoms with Crippen molar-refractivity contribution in [3.63, 3.8) is 0 Å². The minimum Gasteiger partial charge on any atom is -0.481 e. The van der Waals surface area contributed by atoms with E-state index in [1.165, 1.54) is 0 Å².